The molecule has 0 saturated carbocycles. The molecule has 3 aromatic rings. The molecule has 0 bridgehead atoms. The van der Waals surface area contributed by atoms with E-state index in [-0.39, 0.29) is 5.91 Å². The lowest BCUT2D eigenvalue weighted by Gasteiger charge is -2.09. The molecule has 0 aliphatic carbocycles. The highest BCUT2D eigenvalue weighted by atomic mass is 35.5. The van der Waals surface area contributed by atoms with Crippen LogP contribution in [0.2, 0.25) is 5.02 Å². The van der Waals surface area contributed by atoms with Gasteiger partial charge in [0.1, 0.15) is 0 Å². The molecule has 2 aromatic heterocycles. The van der Waals surface area contributed by atoms with Crippen molar-refractivity contribution in [3.63, 3.8) is 0 Å². The van der Waals surface area contributed by atoms with Gasteiger partial charge in [-0.05, 0) is 48.4 Å². The normalized spacial score (nSPS) is 10.6. The van der Waals surface area contributed by atoms with Crippen molar-refractivity contribution in [2.24, 2.45) is 0 Å². The molecule has 5 nitrogen and oxygen atoms in total. The fraction of sp³-hybridized carbons (Fsp3) is 0.167. The van der Waals surface area contributed by atoms with Gasteiger partial charge in [-0.25, -0.2) is 4.68 Å². The van der Waals surface area contributed by atoms with Crippen molar-refractivity contribution in [2.45, 2.75) is 19.9 Å². The third kappa shape index (κ3) is 3.46. The lowest BCUT2D eigenvalue weighted by molar-refractivity contribution is 0.0950. The Kier molecular flexibility index (Phi) is 4.91. The monoisotopic (exact) mass is 340 g/mol. The number of amides is 1. The average molecular weight is 341 g/mol. The maximum atomic E-state index is 12.5. The van der Waals surface area contributed by atoms with Gasteiger partial charge in [0.2, 0.25) is 0 Å². The molecule has 0 radical (unpaired) electrons. The molecular weight excluding hydrogens is 324 g/mol. The van der Waals surface area contributed by atoms with Gasteiger partial charge in [0.25, 0.3) is 5.91 Å². The van der Waals surface area contributed by atoms with E-state index in [9.17, 15) is 4.79 Å². The summed E-state index contributed by atoms with van der Waals surface area (Å²) in [6, 6.07) is 11.1. The van der Waals surface area contributed by atoms with E-state index in [0.717, 1.165) is 16.9 Å². The van der Waals surface area contributed by atoms with Crippen molar-refractivity contribution in [3.8, 4) is 5.69 Å². The molecule has 1 amide bonds. The maximum absolute atomic E-state index is 12.5. The zero-order chi connectivity index (χ0) is 16.9. The number of aromatic nitrogens is 3. The molecule has 6 heteroatoms. The molecule has 2 heterocycles. The van der Waals surface area contributed by atoms with Gasteiger partial charge in [0, 0.05) is 24.0 Å². The Hall–Kier alpha value is -2.66. The first-order valence-electron chi connectivity index (χ1n) is 7.69. The van der Waals surface area contributed by atoms with Gasteiger partial charge in [0.05, 0.1) is 23.1 Å². The van der Waals surface area contributed by atoms with E-state index in [2.05, 4.69) is 15.4 Å². The second kappa shape index (κ2) is 7.27. The van der Waals surface area contributed by atoms with E-state index >= 15 is 0 Å². The summed E-state index contributed by atoms with van der Waals surface area (Å²) >= 11 is 5.93. The molecule has 0 spiro atoms. The fourth-order valence-electron chi connectivity index (χ4n) is 2.49. The summed E-state index contributed by atoms with van der Waals surface area (Å²) in [6.07, 6.45) is 5.71. The third-order valence-corrected chi connectivity index (χ3v) is 3.97. The number of rotatable bonds is 5. The standard InChI is InChI=1S/C18H17ClN4O/c1-2-17-16(18(24)21-11-13-7-9-20-10-8-13)12-22-23(17)15-5-3-14(19)4-6-15/h3-10,12H,2,11H2,1H3,(H,21,24). The fourth-order valence-corrected chi connectivity index (χ4v) is 2.61. The molecule has 0 unspecified atom stereocenters. The molecule has 122 valence electrons. The topological polar surface area (TPSA) is 59.8 Å². The average Bonchev–Trinajstić information content (AvgIpc) is 3.05. The molecule has 0 atom stereocenters. The van der Waals surface area contributed by atoms with Crippen molar-refractivity contribution in [3.05, 3.63) is 76.8 Å². The van der Waals surface area contributed by atoms with Crippen molar-refractivity contribution in [1.29, 1.82) is 0 Å². The Labute approximate surface area is 145 Å². The van der Waals surface area contributed by atoms with Crippen LogP contribution in [0.3, 0.4) is 0 Å². The number of hydrogen-bond donors (Lipinski definition) is 1. The highest BCUT2D eigenvalue weighted by Crippen LogP contribution is 2.18. The maximum Gasteiger partial charge on any atom is 0.255 e. The van der Waals surface area contributed by atoms with E-state index in [4.69, 9.17) is 11.6 Å². The Balaban J connectivity index is 1.81. The molecule has 0 fully saturated rings. The van der Waals surface area contributed by atoms with Gasteiger partial charge in [-0.2, -0.15) is 5.10 Å². The molecule has 1 N–H and O–H groups in total. The van der Waals surface area contributed by atoms with Gasteiger partial charge in [0.15, 0.2) is 0 Å². The Morgan fingerprint density at radius 1 is 1.17 bits per heavy atom. The quantitative estimate of drug-likeness (QED) is 0.774. The van der Waals surface area contributed by atoms with Gasteiger partial charge in [-0.1, -0.05) is 18.5 Å². The number of hydrogen-bond acceptors (Lipinski definition) is 3. The van der Waals surface area contributed by atoms with Crippen molar-refractivity contribution in [2.75, 3.05) is 0 Å². The van der Waals surface area contributed by atoms with Gasteiger partial charge in [-0.3, -0.25) is 9.78 Å². The van der Waals surface area contributed by atoms with Crippen LogP contribution in [0.4, 0.5) is 0 Å². The predicted octanol–water partition coefficient (Wildman–Crippen LogP) is 3.41. The summed E-state index contributed by atoms with van der Waals surface area (Å²) in [4.78, 5) is 16.5. The van der Waals surface area contributed by atoms with E-state index in [1.54, 1.807) is 35.4 Å². The summed E-state index contributed by atoms with van der Waals surface area (Å²) in [5.41, 5.74) is 3.33. The van der Waals surface area contributed by atoms with Crippen LogP contribution in [0.15, 0.2) is 55.0 Å². The number of carbonyl (C=O) groups is 1. The largest absolute Gasteiger partial charge is 0.348 e. The Morgan fingerprint density at radius 3 is 2.54 bits per heavy atom. The lowest BCUT2D eigenvalue weighted by atomic mass is 10.1. The zero-order valence-corrected chi connectivity index (χ0v) is 14.0. The zero-order valence-electron chi connectivity index (χ0n) is 13.2. The van der Waals surface area contributed by atoms with Crippen LogP contribution in [0.25, 0.3) is 5.69 Å². The van der Waals surface area contributed by atoms with Crippen molar-refractivity contribution in [1.82, 2.24) is 20.1 Å². The molecule has 0 aliphatic rings. The lowest BCUT2D eigenvalue weighted by Crippen LogP contribution is -2.23. The van der Waals surface area contributed by atoms with Crippen LogP contribution in [0.5, 0.6) is 0 Å². The van der Waals surface area contributed by atoms with E-state index in [1.165, 1.54) is 0 Å². The summed E-state index contributed by atoms with van der Waals surface area (Å²) in [6.45, 7) is 2.46. The summed E-state index contributed by atoms with van der Waals surface area (Å²) < 4.78 is 1.78. The Morgan fingerprint density at radius 2 is 1.88 bits per heavy atom. The van der Waals surface area contributed by atoms with E-state index in [1.807, 2.05) is 31.2 Å². The molecule has 3 rings (SSSR count). The second-order valence-corrected chi connectivity index (χ2v) is 5.72. The van der Waals surface area contributed by atoms with Crippen LogP contribution >= 0.6 is 11.6 Å². The first kappa shape index (κ1) is 16.2. The van der Waals surface area contributed by atoms with Crippen LogP contribution in [-0.4, -0.2) is 20.7 Å². The molecule has 0 saturated heterocycles. The molecule has 0 aliphatic heterocycles. The summed E-state index contributed by atoms with van der Waals surface area (Å²) in [5.74, 6) is -0.135. The molecular formula is C18H17ClN4O. The summed E-state index contributed by atoms with van der Waals surface area (Å²) in [5, 5.41) is 7.95. The van der Waals surface area contributed by atoms with Crippen LogP contribution in [0, 0.1) is 0 Å². The van der Waals surface area contributed by atoms with Crippen molar-refractivity contribution < 1.29 is 4.79 Å². The smallest absolute Gasteiger partial charge is 0.255 e. The number of carbonyl (C=O) groups excluding carboxylic acids is 1. The Bertz CT molecular complexity index is 828. The molecule has 24 heavy (non-hydrogen) atoms. The SMILES string of the molecule is CCc1c(C(=O)NCc2ccncc2)cnn1-c1ccc(Cl)cc1. The van der Waals surface area contributed by atoms with Crippen LogP contribution in [0.1, 0.15) is 28.5 Å². The highest BCUT2D eigenvalue weighted by molar-refractivity contribution is 6.30. The van der Waals surface area contributed by atoms with Gasteiger partial charge < -0.3 is 5.32 Å². The second-order valence-electron chi connectivity index (χ2n) is 5.28. The minimum absolute atomic E-state index is 0.135. The van der Waals surface area contributed by atoms with E-state index in [0.29, 0.717) is 23.6 Å². The number of nitrogens with one attached hydrogen (secondary N) is 1. The number of nitrogens with zero attached hydrogens (tertiary/aromatic N) is 3. The van der Waals surface area contributed by atoms with E-state index < -0.39 is 0 Å². The minimum atomic E-state index is -0.135. The number of pyridine rings is 1. The predicted molar refractivity (Wildman–Crippen MR) is 93.4 cm³/mol. The minimum Gasteiger partial charge on any atom is -0.348 e. The number of benzene rings is 1. The van der Waals surface area contributed by atoms with Crippen molar-refractivity contribution >= 4 is 17.5 Å². The summed E-state index contributed by atoms with van der Waals surface area (Å²) in [7, 11) is 0. The first-order valence-corrected chi connectivity index (χ1v) is 8.06. The van der Waals surface area contributed by atoms with Crippen LogP contribution in [-0.2, 0) is 13.0 Å². The van der Waals surface area contributed by atoms with Gasteiger partial charge in [-0.15, -0.1) is 0 Å². The first-order chi connectivity index (χ1) is 11.7. The van der Waals surface area contributed by atoms with Gasteiger partial charge >= 0.3 is 0 Å². The highest BCUT2D eigenvalue weighted by Gasteiger charge is 2.16. The van der Waals surface area contributed by atoms with Crippen LogP contribution < -0.4 is 5.32 Å². The number of halogens is 1. The molecule has 1 aromatic carbocycles. The third-order valence-electron chi connectivity index (χ3n) is 3.72.